The van der Waals surface area contributed by atoms with E-state index in [2.05, 4.69) is 15.2 Å². The fraction of sp³-hybridized carbons (Fsp3) is 0.500. The molecule has 2 amide bonds. The topological polar surface area (TPSA) is 74.8 Å². The molecule has 0 unspecified atom stereocenters. The average Bonchev–Trinajstić information content (AvgIpc) is 3.30. The van der Waals surface area contributed by atoms with Crippen molar-refractivity contribution in [1.29, 1.82) is 0 Å². The highest BCUT2D eigenvalue weighted by atomic mass is 35.5. The minimum Gasteiger partial charge on any atom is -0.379 e. The van der Waals surface area contributed by atoms with Crippen molar-refractivity contribution in [3.63, 3.8) is 0 Å². The molecule has 2 fully saturated rings. The van der Waals surface area contributed by atoms with E-state index in [9.17, 15) is 14.0 Å². The molecule has 2 aromatic rings. The Kier molecular flexibility index (Phi) is 7.72. The molecular weight excluding hydrogens is 455 g/mol. The van der Waals surface area contributed by atoms with E-state index in [1.54, 1.807) is 10.3 Å². The number of aromatic nitrogens is 1. The molecule has 2 aliphatic rings. The fourth-order valence-electron chi connectivity index (χ4n) is 4.01. The monoisotopic (exact) mass is 480 g/mol. The summed E-state index contributed by atoms with van der Waals surface area (Å²) < 4.78 is 19.4. The molecule has 0 atom stereocenters. The summed E-state index contributed by atoms with van der Waals surface area (Å²) in [5, 5.41) is 5.75. The van der Waals surface area contributed by atoms with Gasteiger partial charge in [0.2, 0.25) is 0 Å². The third kappa shape index (κ3) is 5.46. The van der Waals surface area contributed by atoms with Gasteiger partial charge in [-0.1, -0.05) is 17.7 Å². The van der Waals surface area contributed by atoms with E-state index in [1.807, 2.05) is 0 Å². The van der Waals surface area contributed by atoms with Gasteiger partial charge in [-0.2, -0.15) is 0 Å². The van der Waals surface area contributed by atoms with Gasteiger partial charge in [0.05, 0.1) is 28.8 Å². The lowest BCUT2D eigenvalue weighted by Crippen LogP contribution is -2.41. The molecule has 3 heterocycles. The summed E-state index contributed by atoms with van der Waals surface area (Å²) in [5.74, 6) is -0.975. The van der Waals surface area contributed by atoms with Gasteiger partial charge in [0.15, 0.2) is 0 Å². The van der Waals surface area contributed by atoms with Crippen LogP contribution >= 0.6 is 22.9 Å². The van der Waals surface area contributed by atoms with Crippen molar-refractivity contribution in [2.45, 2.75) is 18.8 Å². The highest BCUT2D eigenvalue weighted by Crippen LogP contribution is 2.31. The van der Waals surface area contributed by atoms with Crippen molar-refractivity contribution >= 4 is 34.8 Å². The predicted molar refractivity (Wildman–Crippen MR) is 121 cm³/mol. The Bertz CT molecular complexity index is 938. The first-order valence-electron chi connectivity index (χ1n) is 10.8. The van der Waals surface area contributed by atoms with Crippen LogP contribution in [0, 0.1) is 5.82 Å². The van der Waals surface area contributed by atoms with Gasteiger partial charge in [-0.25, -0.2) is 9.37 Å². The molecule has 0 saturated carbocycles. The van der Waals surface area contributed by atoms with Crippen molar-refractivity contribution < 1.29 is 18.7 Å². The number of nitrogens with one attached hydrogen (secondary N) is 1. The van der Waals surface area contributed by atoms with Crippen LogP contribution in [-0.4, -0.2) is 79.1 Å². The molecule has 0 spiro atoms. The molecule has 1 aromatic carbocycles. The maximum Gasteiger partial charge on any atom is 0.270 e. The van der Waals surface area contributed by atoms with Gasteiger partial charge in [0.25, 0.3) is 11.8 Å². The first-order chi connectivity index (χ1) is 15.5. The first kappa shape index (κ1) is 23.1. The number of piperidine rings is 1. The van der Waals surface area contributed by atoms with Crippen LogP contribution in [0.4, 0.5) is 4.39 Å². The smallest absolute Gasteiger partial charge is 0.270 e. The largest absolute Gasteiger partial charge is 0.379 e. The number of carbonyl (C=O) groups excluding carboxylic acids is 2. The second-order valence-corrected chi connectivity index (χ2v) is 9.24. The highest BCUT2D eigenvalue weighted by Gasteiger charge is 2.29. The maximum absolute atomic E-state index is 14.1. The van der Waals surface area contributed by atoms with E-state index in [-0.39, 0.29) is 28.3 Å². The Hall–Kier alpha value is -2.07. The molecule has 7 nitrogen and oxygen atoms in total. The van der Waals surface area contributed by atoms with Gasteiger partial charge >= 0.3 is 0 Å². The molecule has 0 radical (unpaired) electrons. The molecule has 0 bridgehead atoms. The Morgan fingerprint density at radius 3 is 2.69 bits per heavy atom. The highest BCUT2D eigenvalue weighted by molar-refractivity contribution is 7.09. The third-order valence-electron chi connectivity index (χ3n) is 5.88. The van der Waals surface area contributed by atoms with E-state index in [4.69, 9.17) is 16.3 Å². The maximum atomic E-state index is 14.1. The number of carbonyl (C=O) groups is 2. The van der Waals surface area contributed by atoms with Crippen LogP contribution in [0.5, 0.6) is 0 Å². The zero-order valence-corrected chi connectivity index (χ0v) is 19.3. The van der Waals surface area contributed by atoms with Crippen LogP contribution in [0.25, 0.3) is 0 Å². The molecule has 0 aliphatic carbocycles. The summed E-state index contributed by atoms with van der Waals surface area (Å²) >= 11 is 7.51. The van der Waals surface area contributed by atoms with Crippen molar-refractivity contribution in [3.05, 3.63) is 50.7 Å². The quantitative estimate of drug-likeness (QED) is 0.688. The second-order valence-electron chi connectivity index (χ2n) is 7.94. The van der Waals surface area contributed by atoms with Gasteiger partial charge < -0.3 is 15.0 Å². The van der Waals surface area contributed by atoms with Crippen molar-refractivity contribution in [3.8, 4) is 0 Å². The van der Waals surface area contributed by atoms with Crippen LogP contribution in [0.2, 0.25) is 5.02 Å². The lowest BCUT2D eigenvalue weighted by Gasteiger charge is -2.31. The molecule has 2 aliphatic heterocycles. The Morgan fingerprint density at radius 2 is 1.97 bits per heavy atom. The van der Waals surface area contributed by atoms with Gasteiger partial charge in [-0.05, 0) is 25.0 Å². The van der Waals surface area contributed by atoms with Crippen molar-refractivity contribution in [2.75, 3.05) is 52.5 Å². The van der Waals surface area contributed by atoms with E-state index in [1.165, 1.54) is 29.5 Å². The minimum absolute atomic E-state index is 0.0714. The van der Waals surface area contributed by atoms with E-state index < -0.39 is 5.82 Å². The lowest BCUT2D eigenvalue weighted by atomic mass is 9.97. The summed E-state index contributed by atoms with van der Waals surface area (Å²) in [6.45, 7) is 5.61. The fourth-order valence-corrected chi connectivity index (χ4v) is 5.23. The van der Waals surface area contributed by atoms with Gasteiger partial charge in [-0.3, -0.25) is 14.5 Å². The van der Waals surface area contributed by atoms with E-state index in [0.29, 0.717) is 38.2 Å². The number of amides is 2. The molecule has 4 rings (SSSR count). The summed E-state index contributed by atoms with van der Waals surface area (Å²) in [4.78, 5) is 33.6. The minimum atomic E-state index is -0.603. The first-order valence-corrected chi connectivity index (χ1v) is 12.1. The van der Waals surface area contributed by atoms with Crippen molar-refractivity contribution in [2.24, 2.45) is 0 Å². The van der Waals surface area contributed by atoms with E-state index in [0.717, 1.165) is 37.9 Å². The van der Waals surface area contributed by atoms with Crippen LogP contribution in [0.15, 0.2) is 23.6 Å². The SMILES string of the molecule is O=C(NCCN1CCOCC1)c1csc(C2CCN(C(=O)c3c(F)cccc3Cl)CC2)n1. The second kappa shape index (κ2) is 10.7. The zero-order chi connectivity index (χ0) is 22.5. The average molecular weight is 481 g/mol. The van der Waals surface area contributed by atoms with Crippen LogP contribution in [0.1, 0.15) is 44.6 Å². The number of thiazole rings is 1. The number of nitrogens with zero attached hydrogens (tertiary/aromatic N) is 3. The summed E-state index contributed by atoms with van der Waals surface area (Å²) in [6, 6.07) is 4.25. The summed E-state index contributed by atoms with van der Waals surface area (Å²) in [7, 11) is 0. The van der Waals surface area contributed by atoms with E-state index >= 15 is 0 Å². The molecular formula is C22H26ClFN4O3S. The molecule has 1 N–H and O–H groups in total. The van der Waals surface area contributed by atoms with Crippen LogP contribution in [0.3, 0.4) is 0 Å². The zero-order valence-electron chi connectivity index (χ0n) is 17.7. The summed E-state index contributed by atoms with van der Waals surface area (Å²) in [5.41, 5.74) is 0.363. The van der Waals surface area contributed by atoms with Gasteiger partial charge in [0, 0.05) is 50.6 Å². The molecule has 32 heavy (non-hydrogen) atoms. The Labute approximate surface area is 195 Å². The lowest BCUT2D eigenvalue weighted by molar-refractivity contribution is 0.0383. The number of hydrogen-bond donors (Lipinski definition) is 1. The number of ether oxygens (including phenoxy) is 1. The number of benzene rings is 1. The van der Waals surface area contributed by atoms with Gasteiger partial charge in [-0.15, -0.1) is 11.3 Å². The number of halogens is 2. The number of morpholine rings is 1. The Balaban J connectivity index is 1.27. The van der Waals surface area contributed by atoms with Crippen LogP contribution in [-0.2, 0) is 4.74 Å². The Morgan fingerprint density at radius 1 is 1.22 bits per heavy atom. The molecule has 1 aromatic heterocycles. The molecule has 2 saturated heterocycles. The van der Waals surface area contributed by atoms with Crippen LogP contribution < -0.4 is 5.32 Å². The van der Waals surface area contributed by atoms with Gasteiger partial charge in [0.1, 0.15) is 11.5 Å². The molecule has 10 heteroatoms. The normalized spacial score (nSPS) is 18.0. The van der Waals surface area contributed by atoms with Crippen molar-refractivity contribution in [1.82, 2.24) is 20.1 Å². The third-order valence-corrected chi connectivity index (χ3v) is 7.20. The number of hydrogen-bond acceptors (Lipinski definition) is 6. The number of likely N-dealkylation sites (tertiary alicyclic amines) is 1. The predicted octanol–water partition coefficient (Wildman–Crippen LogP) is 3.02. The summed E-state index contributed by atoms with van der Waals surface area (Å²) in [6.07, 6.45) is 1.42. The number of rotatable bonds is 6. The standard InChI is InChI=1S/C22H26ClFN4O3S/c23-16-2-1-3-17(24)19(16)22(30)28-7-4-15(5-8-28)21-26-18(14-32-21)20(29)25-6-9-27-10-12-31-13-11-27/h1-3,14-15H,4-13H2,(H,25,29). The molecule has 172 valence electrons.